The molecule has 3 rings (SSSR count). The summed E-state index contributed by atoms with van der Waals surface area (Å²) in [5, 5.41) is 0. The monoisotopic (exact) mass is 336 g/mol. The summed E-state index contributed by atoms with van der Waals surface area (Å²) in [7, 11) is 0. The number of carbonyl (C=O) groups excluding carboxylic acids is 1. The van der Waals surface area contributed by atoms with Gasteiger partial charge in [-0.25, -0.2) is 0 Å². The van der Waals surface area contributed by atoms with Gasteiger partial charge in [-0.1, -0.05) is 13.8 Å². The number of rotatable bonds is 2. The van der Waals surface area contributed by atoms with Crippen molar-refractivity contribution in [3.8, 4) is 5.75 Å². The van der Waals surface area contributed by atoms with Gasteiger partial charge in [-0.2, -0.15) is 0 Å². The fourth-order valence-electron chi connectivity index (χ4n) is 2.24. The number of hydrogen-bond donors (Lipinski definition) is 0. The summed E-state index contributed by atoms with van der Waals surface area (Å²) in [4.78, 5) is 13.2. The van der Waals surface area contributed by atoms with Crippen LogP contribution in [0.5, 0.6) is 5.75 Å². The van der Waals surface area contributed by atoms with E-state index in [1.165, 1.54) is 11.3 Å². The number of carbonyl (C=O) groups is 1. The second-order valence-electron chi connectivity index (χ2n) is 5.32. The van der Waals surface area contributed by atoms with E-state index in [4.69, 9.17) is 4.74 Å². The summed E-state index contributed by atoms with van der Waals surface area (Å²) in [6.45, 7) is 4.94. The lowest BCUT2D eigenvalue weighted by atomic mass is 9.86. The van der Waals surface area contributed by atoms with Crippen LogP contribution >= 0.6 is 27.3 Å². The molecule has 0 aliphatic carbocycles. The van der Waals surface area contributed by atoms with E-state index in [0.29, 0.717) is 6.61 Å². The summed E-state index contributed by atoms with van der Waals surface area (Å²) in [6.07, 6.45) is 0. The third-order valence-corrected chi connectivity index (χ3v) is 4.98. The van der Waals surface area contributed by atoms with E-state index in [9.17, 15) is 4.79 Å². The van der Waals surface area contributed by atoms with Crippen molar-refractivity contribution >= 4 is 33.0 Å². The van der Waals surface area contributed by atoms with Crippen LogP contribution in [0.3, 0.4) is 0 Å². The van der Waals surface area contributed by atoms with Crippen molar-refractivity contribution < 1.29 is 9.53 Å². The number of benzene rings is 1. The largest absolute Gasteiger partial charge is 0.492 e. The fourth-order valence-corrected chi connectivity index (χ4v) is 3.59. The molecule has 98 valence electrons. The van der Waals surface area contributed by atoms with E-state index < -0.39 is 0 Å². The molecule has 1 aliphatic rings. The van der Waals surface area contributed by atoms with Crippen LogP contribution in [-0.4, -0.2) is 12.4 Å². The predicted molar refractivity (Wildman–Crippen MR) is 80.4 cm³/mol. The second kappa shape index (κ2) is 4.46. The Morgan fingerprint density at radius 3 is 2.79 bits per heavy atom. The lowest BCUT2D eigenvalue weighted by Crippen LogP contribution is -2.18. The summed E-state index contributed by atoms with van der Waals surface area (Å²) >= 11 is 4.85. The van der Waals surface area contributed by atoms with Crippen LogP contribution in [0.15, 0.2) is 34.1 Å². The molecule has 0 bridgehead atoms. The first-order valence-corrected chi connectivity index (χ1v) is 7.66. The first-order valence-electron chi connectivity index (χ1n) is 6.05. The van der Waals surface area contributed by atoms with Gasteiger partial charge in [0.25, 0.3) is 0 Å². The molecule has 2 nitrogen and oxygen atoms in total. The maximum Gasteiger partial charge on any atom is 0.202 e. The average Bonchev–Trinajstić information content (AvgIpc) is 2.93. The van der Waals surface area contributed by atoms with Gasteiger partial charge < -0.3 is 4.74 Å². The second-order valence-corrected chi connectivity index (χ2v) is 7.78. The standard InChI is InChI=1S/C15H13BrO2S/c1-15(2)8-18-11-4-3-9(7-10(11)15)14(17)12-5-6-13(16)19-12/h3-7H,8H2,1-2H3. The summed E-state index contributed by atoms with van der Waals surface area (Å²) < 4.78 is 6.61. The molecule has 1 aliphatic heterocycles. The molecular weight excluding hydrogens is 324 g/mol. The minimum absolute atomic E-state index is 0.0261. The number of ether oxygens (including phenoxy) is 1. The Labute approximate surface area is 124 Å². The summed E-state index contributed by atoms with van der Waals surface area (Å²) in [5.41, 5.74) is 1.82. The van der Waals surface area contributed by atoms with Crippen molar-refractivity contribution in [2.24, 2.45) is 0 Å². The Morgan fingerprint density at radius 2 is 2.11 bits per heavy atom. The van der Waals surface area contributed by atoms with E-state index in [-0.39, 0.29) is 11.2 Å². The minimum Gasteiger partial charge on any atom is -0.492 e. The highest BCUT2D eigenvalue weighted by molar-refractivity contribution is 9.11. The molecule has 0 saturated carbocycles. The molecule has 19 heavy (non-hydrogen) atoms. The van der Waals surface area contributed by atoms with Gasteiger partial charge in [0.1, 0.15) is 5.75 Å². The van der Waals surface area contributed by atoms with Crippen LogP contribution in [0.25, 0.3) is 0 Å². The van der Waals surface area contributed by atoms with Gasteiger partial charge in [0.15, 0.2) is 0 Å². The molecule has 0 atom stereocenters. The van der Waals surface area contributed by atoms with Gasteiger partial charge in [0.2, 0.25) is 5.78 Å². The lowest BCUT2D eigenvalue weighted by Gasteiger charge is -2.15. The molecule has 0 spiro atoms. The molecule has 0 amide bonds. The molecule has 0 saturated heterocycles. The number of ketones is 1. The van der Waals surface area contributed by atoms with E-state index in [1.54, 1.807) is 0 Å². The molecular formula is C15H13BrO2S. The van der Waals surface area contributed by atoms with E-state index in [0.717, 1.165) is 25.5 Å². The Balaban J connectivity index is 2.01. The Hall–Kier alpha value is -1.13. The van der Waals surface area contributed by atoms with E-state index >= 15 is 0 Å². The first-order chi connectivity index (χ1) is 8.97. The molecule has 1 aromatic heterocycles. The van der Waals surface area contributed by atoms with Crippen LogP contribution < -0.4 is 4.74 Å². The SMILES string of the molecule is CC1(C)COc2ccc(C(=O)c3ccc(Br)s3)cc21. The number of thiophene rings is 1. The zero-order valence-corrected chi connectivity index (χ0v) is 13.1. The first kappa shape index (κ1) is 12.9. The van der Waals surface area contributed by atoms with Crippen LogP contribution in [0.4, 0.5) is 0 Å². The molecule has 2 aromatic rings. The van der Waals surface area contributed by atoms with Crippen LogP contribution in [-0.2, 0) is 5.41 Å². The molecule has 2 heterocycles. The third-order valence-electron chi connectivity index (χ3n) is 3.36. The van der Waals surface area contributed by atoms with Crippen molar-refractivity contribution in [2.45, 2.75) is 19.3 Å². The van der Waals surface area contributed by atoms with Crippen molar-refractivity contribution in [1.82, 2.24) is 0 Å². The Morgan fingerprint density at radius 1 is 1.32 bits per heavy atom. The zero-order valence-electron chi connectivity index (χ0n) is 10.7. The topological polar surface area (TPSA) is 26.3 Å². The van der Waals surface area contributed by atoms with Crippen molar-refractivity contribution in [1.29, 1.82) is 0 Å². The zero-order chi connectivity index (χ0) is 13.6. The molecule has 0 radical (unpaired) electrons. The third kappa shape index (κ3) is 2.23. The van der Waals surface area contributed by atoms with Crippen LogP contribution in [0, 0.1) is 0 Å². The molecule has 0 unspecified atom stereocenters. The van der Waals surface area contributed by atoms with E-state index in [1.807, 2.05) is 30.3 Å². The number of fused-ring (bicyclic) bond motifs is 1. The lowest BCUT2D eigenvalue weighted by molar-refractivity contribution is 0.104. The van der Waals surface area contributed by atoms with Crippen LogP contribution in [0.2, 0.25) is 0 Å². The average molecular weight is 337 g/mol. The minimum atomic E-state index is -0.0261. The van der Waals surface area contributed by atoms with Gasteiger partial charge in [0.05, 0.1) is 15.3 Å². The summed E-state index contributed by atoms with van der Waals surface area (Å²) in [6, 6.07) is 9.47. The number of hydrogen-bond acceptors (Lipinski definition) is 3. The van der Waals surface area contributed by atoms with Gasteiger partial charge >= 0.3 is 0 Å². The predicted octanol–water partition coefficient (Wildman–Crippen LogP) is 4.41. The van der Waals surface area contributed by atoms with Gasteiger partial charge in [-0.3, -0.25) is 4.79 Å². The summed E-state index contributed by atoms with van der Waals surface area (Å²) in [5.74, 6) is 0.968. The maximum atomic E-state index is 12.4. The highest BCUT2D eigenvalue weighted by Gasteiger charge is 2.32. The number of halogens is 1. The van der Waals surface area contributed by atoms with Gasteiger partial charge in [-0.05, 0) is 46.3 Å². The Bertz CT molecular complexity index is 658. The van der Waals surface area contributed by atoms with Crippen LogP contribution in [0.1, 0.15) is 34.6 Å². The van der Waals surface area contributed by atoms with Gasteiger partial charge in [-0.15, -0.1) is 11.3 Å². The highest BCUT2D eigenvalue weighted by atomic mass is 79.9. The molecule has 0 N–H and O–H groups in total. The smallest absolute Gasteiger partial charge is 0.202 e. The van der Waals surface area contributed by atoms with Gasteiger partial charge in [0, 0.05) is 16.5 Å². The van der Waals surface area contributed by atoms with Crippen molar-refractivity contribution in [3.05, 3.63) is 50.1 Å². The highest BCUT2D eigenvalue weighted by Crippen LogP contribution is 2.39. The quantitative estimate of drug-likeness (QED) is 0.759. The molecule has 0 fully saturated rings. The van der Waals surface area contributed by atoms with Crippen molar-refractivity contribution in [3.63, 3.8) is 0 Å². The Kier molecular flexibility index (Phi) is 3.02. The normalized spacial score (nSPS) is 15.9. The van der Waals surface area contributed by atoms with Crippen molar-refractivity contribution in [2.75, 3.05) is 6.61 Å². The maximum absolute atomic E-state index is 12.4. The molecule has 4 heteroatoms. The van der Waals surface area contributed by atoms with E-state index in [2.05, 4.69) is 29.8 Å². The molecule has 1 aromatic carbocycles. The fraction of sp³-hybridized carbons (Fsp3) is 0.267.